The van der Waals surface area contributed by atoms with Crippen molar-refractivity contribution in [3.8, 4) is 0 Å². The molecule has 5 amide bonds. The second-order valence-electron chi connectivity index (χ2n) is 6.34. The summed E-state index contributed by atoms with van der Waals surface area (Å²) in [5.74, 6) is -0.583. The molecule has 134 valence electrons. The molecule has 1 aromatic heterocycles. The van der Waals surface area contributed by atoms with E-state index in [0.29, 0.717) is 25.9 Å². The summed E-state index contributed by atoms with van der Waals surface area (Å²) >= 11 is 1.49. The van der Waals surface area contributed by atoms with Gasteiger partial charge < -0.3 is 15.5 Å². The van der Waals surface area contributed by atoms with Gasteiger partial charge in [0.2, 0.25) is 11.8 Å². The van der Waals surface area contributed by atoms with Gasteiger partial charge in [-0.25, -0.2) is 4.79 Å². The minimum absolute atomic E-state index is 0.0771. The van der Waals surface area contributed by atoms with Gasteiger partial charge in [0.1, 0.15) is 5.54 Å². The highest BCUT2D eigenvalue weighted by atomic mass is 32.1. The molecule has 1 spiro atoms. The molecule has 0 saturated carbocycles. The molecule has 1 atom stereocenters. The van der Waals surface area contributed by atoms with E-state index in [-0.39, 0.29) is 30.2 Å². The van der Waals surface area contributed by atoms with Crippen LogP contribution in [-0.2, 0) is 14.4 Å². The molecule has 2 aliphatic heterocycles. The molecule has 25 heavy (non-hydrogen) atoms. The summed E-state index contributed by atoms with van der Waals surface area (Å²) in [5, 5.41) is 9.65. The summed E-state index contributed by atoms with van der Waals surface area (Å²) in [6, 6.07) is 2.94. The highest BCUT2D eigenvalue weighted by Gasteiger charge is 2.48. The van der Waals surface area contributed by atoms with Crippen LogP contribution in [0.25, 0.3) is 0 Å². The molecule has 0 aliphatic carbocycles. The number of carbonyl (C=O) groups excluding carboxylic acids is 4. The quantitative estimate of drug-likeness (QED) is 0.677. The van der Waals surface area contributed by atoms with Gasteiger partial charge in [0, 0.05) is 24.9 Å². The van der Waals surface area contributed by atoms with Crippen molar-refractivity contribution < 1.29 is 19.2 Å². The van der Waals surface area contributed by atoms with Crippen LogP contribution < -0.4 is 16.0 Å². The van der Waals surface area contributed by atoms with Gasteiger partial charge in [0.25, 0.3) is 5.91 Å². The van der Waals surface area contributed by atoms with E-state index in [1.54, 1.807) is 4.90 Å². The average molecular weight is 364 g/mol. The van der Waals surface area contributed by atoms with Gasteiger partial charge in [-0.2, -0.15) is 0 Å². The number of thiophene rings is 1. The Kier molecular flexibility index (Phi) is 4.76. The predicted octanol–water partition coefficient (Wildman–Crippen LogP) is 0.516. The molecule has 0 radical (unpaired) electrons. The van der Waals surface area contributed by atoms with Gasteiger partial charge in [-0.15, -0.1) is 11.3 Å². The smallest absolute Gasteiger partial charge is 0.322 e. The third kappa shape index (κ3) is 3.65. The molecule has 3 rings (SSSR count). The number of carbonyl (C=O) groups is 4. The van der Waals surface area contributed by atoms with E-state index in [1.165, 1.54) is 18.3 Å². The fraction of sp³-hybridized carbons (Fsp3) is 0.500. The second kappa shape index (κ2) is 6.83. The summed E-state index contributed by atoms with van der Waals surface area (Å²) < 4.78 is 0. The molecular formula is C16H20N4O4S. The van der Waals surface area contributed by atoms with Gasteiger partial charge in [-0.3, -0.25) is 19.7 Å². The maximum absolute atomic E-state index is 12.6. The van der Waals surface area contributed by atoms with Crippen LogP contribution >= 0.6 is 11.3 Å². The molecule has 0 aromatic carbocycles. The number of amides is 5. The van der Waals surface area contributed by atoms with E-state index >= 15 is 0 Å². The zero-order valence-electron chi connectivity index (χ0n) is 13.8. The van der Waals surface area contributed by atoms with E-state index in [4.69, 9.17) is 0 Å². The first-order chi connectivity index (χ1) is 11.9. The fourth-order valence-corrected chi connectivity index (χ4v) is 4.06. The minimum Gasteiger partial charge on any atom is -0.348 e. The zero-order chi connectivity index (χ0) is 18.0. The molecule has 1 aromatic rings. The molecule has 0 bridgehead atoms. The summed E-state index contributed by atoms with van der Waals surface area (Å²) in [6.07, 6.45) is 0.950. The number of imide groups is 1. The van der Waals surface area contributed by atoms with Crippen molar-refractivity contribution in [2.24, 2.45) is 0 Å². The molecule has 0 unspecified atom stereocenters. The summed E-state index contributed by atoms with van der Waals surface area (Å²) in [4.78, 5) is 50.0. The van der Waals surface area contributed by atoms with E-state index in [9.17, 15) is 19.2 Å². The molecular weight excluding hydrogens is 344 g/mol. The molecule has 2 aliphatic rings. The van der Waals surface area contributed by atoms with Crippen molar-refractivity contribution in [1.29, 1.82) is 0 Å². The first kappa shape index (κ1) is 17.4. The lowest BCUT2D eigenvalue weighted by molar-refractivity contribution is -0.136. The number of piperidine rings is 1. The van der Waals surface area contributed by atoms with Crippen LogP contribution in [-0.4, -0.2) is 47.3 Å². The molecule has 2 fully saturated rings. The van der Waals surface area contributed by atoms with Crippen molar-refractivity contribution in [3.63, 3.8) is 0 Å². The lowest BCUT2D eigenvalue weighted by Crippen LogP contribution is -2.56. The average Bonchev–Trinajstić information content (AvgIpc) is 3.16. The maximum atomic E-state index is 12.6. The lowest BCUT2D eigenvalue weighted by Gasteiger charge is -2.37. The van der Waals surface area contributed by atoms with Gasteiger partial charge in [-0.05, 0) is 24.3 Å². The molecule has 2 saturated heterocycles. The first-order valence-electron chi connectivity index (χ1n) is 8.11. The summed E-state index contributed by atoms with van der Waals surface area (Å²) in [6.45, 7) is 2.21. The number of hydrogen-bond acceptors (Lipinski definition) is 5. The van der Waals surface area contributed by atoms with Crippen LogP contribution in [0, 0.1) is 0 Å². The zero-order valence-corrected chi connectivity index (χ0v) is 14.6. The summed E-state index contributed by atoms with van der Waals surface area (Å²) in [5.41, 5.74) is -0.890. The monoisotopic (exact) mass is 364 g/mol. The number of rotatable bonds is 4. The Labute approximate surface area is 148 Å². The number of likely N-dealkylation sites (tertiary alicyclic amines) is 1. The third-order valence-corrected chi connectivity index (χ3v) is 5.61. The number of nitrogens with one attached hydrogen (secondary N) is 3. The van der Waals surface area contributed by atoms with Crippen LogP contribution in [0.5, 0.6) is 0 Å². The molecule has 3 heterocycles. The van der Waals surface area contributed by atoms with E-state index in [0.717, 1.165) is 4.88 Å². The Hall–Kier alpha value is -2.42. The van der Waals surface area contributed by atoms with Crippen molar-refractivity contribution in [2.75, 3.05) is 13.1 Å². The topological polar surface area (TPSA) is 108 Å². The van der Waals surface area contributed by atoms with Crippen LogP contribution in [0.3, 0.4) is 0 Å². The Bertz CT molecular complexity index is 695. The van der Waals surface area contributed by atoms with Gasteiger partial charge >= 0.3 is 6.03 Å². The first-order valence-corrected chi connectivity index (χ1v) is 8.99. The standard InChI is InChI=1S/C16H20N4O4S/c1-10(21)17-11(12-3-2-8-25-12)9-13(22)20-6-4-16(5-7-20)14(23)18-15(24)19-16/h2-3,8,11H,4-7,9H2,1H3,(H,17,21)(H2,18,19,23,24)/t11-/m1/s1. The lowest BCUT2D eigenvalue weighted by atomic mass is 9.87. The van der Waals surface area contributed by atoms with E-state index in [1.807, 2.05) is 17.5 Å². The fourth-order valence-electron chi connectivity index (χ4n) is 3.28. The highest BCUT2D eigenvalue weighted by molar-refractivity contribution is 7.10. The Morgan fingerprint density at radius 2 is 2.08 bits per heavy atom. The second-order valence-corrected chi connectivity index (χ2v) is 7.32. The highest BCUT2D eigenvalue weighted by Crippen LogP contribution is 2.28. The minimum atomic E-state index is -0.890. The number of hydrogen-bond donors (Lipinski definition) is 3. The predicted molar refractivity (Wildman–Crippen MR) is 90.7 cm³/mol. The maximum Gasteiger partial charge on any atom is 0.322 e. The molecule has 9 heteroatoms. The van der Waals surface area contributed by atoms with Crippen molar-refractivity contribution in [2.45, 2.75) is 37.8 Å². The molecule has 8 nitrogen and oxygen atoms in total. The molecule has 3 N–H and O–H groups in total. The van der Waals surface area contributed by atoms with Crippen LogP contribution in [0.1, 0.15) is 37.1 Å². The number of urea groups is 1. The van der Waals surface area contributed by atoms with Crippen molar-refractivity contribution >= 4 is 35.1 Å². The van der Waals surface area contributed by atoms with Gasteiger partial charge in [0.05, 0.1) is 12.5 Å². The third-order valence-electron chi connectivity index (χ3n) is 4.63. The van der Waals surface area contributed by atoms with E-state index in [2.05, 4.69) is 16.0 Å². The van der Waals surface area contributed by atoms with Crippen LogP contribution in [0.2, 0.25) is 0 Å². The number of nitrogens with zero attached hydrogens (tertiary/aromatic N) is 1. The Morgan fingerprint density at radius 1 is 1.36 bits per heavy atom. The summed E-state index contributed by atoms with van der Waals surface area (Å²) in [7, 11) is 0. The normalized spacial score (nSPS) is 20.1. The van der Waals surface area contributed by atoms with Crippen molar-refractivity contribution in [3.05, 3.63) is 22.4 Å². The SMILES string of the molecule is CC(=O)N[C@H](CC(=O)N1CCC2(CC1)NC(=O)NC2=O)c1cccs1. The van der Waals surface area contributed by atoms with Crippen molar-refractivity contribution in [1.82, 2.24) is 20.9 Å². The van der Waals surface area contributed by atoms with Gasteiger partial charge in [-0.1, -0.05) is 6.07 Å². The largest absolute Gasteiger partial charge is 0.348 e. The Morgan fingerprint density at radius 3 is 2.60 bits per heavy atom. The van der Waals surface area contributed by atoms with E-state index < -0.39 is 11.6 Å². The van der Waals surface area contributed by atoms with Gasteiger partial charge in [0.15, 0.2) is 0 Å². The van der Waals surface area contributed by atoms with Crippen LogP contribution in [0.15, 0.2) is 17.5 Å². The van der Waals surface area contributed by atoms with Crippen LogP contribution in [0.4, 0.5) is 4.79 Å². The Balaban J connectivity index is 1.61.